The Morgan fingerprint density at radius 2 is 2.17 bits per heavy atom. The Kier molecular flexibility index (Phi) is 5.94. The monoisotopic (exact) mass is 351 g/mol. The van der Waals surface area contributed by atoms with Crippen LogP contribution in [0.5, 0.6) is 0 Å². The second-order valence-electron chi connectivity index (χ2n) is 5.26. The molecule has 0 aliphatic rings. The van der Waals surface area contributed by atoms with Crippen LogP contribution in [0.2, 0.25) is 5.02 Å². The molecule has 8 heteroatoms. The lowest BCUT2D eigenvalue weighted by Gasteiger charge is -2.14. The van der Waals surface area contributed by atoms with Crippen molar-refractivity contribution < 1.29 is 18.7 Å². The van der Waals surface area contributed by atoms with Crippen molar-refractivity contribution in [1.29, 1.82) is 0 Å². The zero-order valence-corrected chi connectivity index (χ0v) is 14.4. The van der Waals surface area contributed by atoms with Crippen molar-refractivity contribution in [2.45, 2.75) is 13.5 Å². The average molecular weight is 352 g/mol. The minimum absolute atomic E-state index is 0.137. The van der Waals surface area contributed by atoms with Crippen LogP contribution >= 0.6 is 11.6 Å². The average Bonchev–Trinajstić information content (AvgIpc) is 2.89. The number of anilines is 1. The molecule has 0 atom stereocenters. The number of methoxy groups -OCH3 is 1. The Morgan fingerprint density at radius 1 is 1.42 bits per heavy atom. The molecule has 0 saturated heterocycles. The molecule has 0 unspecified atom stereocenters. The van der Waals surface area contributed by atoms with E-state index in [4.69, 9.17) is 16.0 Å². The number of amides is 1. The van der Waals surface area contributed by atoms with E-state index in [0.717, 1.165) is 0 Å². The Bertz CT molecular complexity index is 727. The summed E-state index contributed by atoms with van der Waals surface area (Å²) in [6, 6.07) is 4.89. The Labute approximate surface area is 144 Å². The van der Waals surface area contributed by atoms with Crippen LogP contribution in [0.15, 0.2) is 28.8 Å². The van der Waals surface area contributed by atoms with Gasteiger partial charge in [-0.25, -0.2) is 9.78 Å². The summed E-state index contributed by atoms with van der Waals surface area (Å²) in [5.41, 5.74) is 0.385. The predicted molar refractivity (Wildman–Crippen MR) is 89.0 cm³/mol. The number of pyridine rings is 1. The molecule has 0 bridgehead atoms. The first-order chi connectivity index (χ1) is 11.4. The molecule has 2 rings (SSSR count). The third-order valence-electron chi connectivity index (χ3n) is 3.21. The van der Waals surface area contributed by atoms with Gasteiger partial charge in [0.15, 0.2) is 0 Å². The molecule has 0 radical (unpaired) electrons. The van der Waals surface area contributed by atoms with Gasteiger partial charge >= 0.3 is 5.97 Å². The summed E-state index contributed by atoms with van der Waals surface area (Å²) < 4.78 is 10.2. The largest absolute Gasteiger partial charge is 0.465 e. The molecule has 1 amide bonds. The third kappa shape index (κ3) is 4.81. The van der Waals surface area contributed by atoms with Crippen LogP contribution in [0.4, 0.5) is 5.82 Å². The maximum Gasteiger partial charge on any atom is 0.341 e. The van der Waals surface area contributed by atoms with Gasteiger partial charge in [-0.15, -0.1) is 0 Å². The summed E-state index contributed by atoms with van der Waals surface area (Å²) in [5.74, 6) is 0.827. The molecule has 0 fully saturated rings. The van der Waals surface area contributed by atoms with Crippen LogP contribution < -0.4 is 5.32 Å². The highest BCUT2D eigenvalue weighted by Gasteiger charge is 2.17. The molecular formula is C16H18ClN3O4. The van der Waals surface area contributed by atoms with E-state index in [1.54, 1.807) is 37.1 Å². The van der Waals surface area contributed by atoms with Gasteiger partial charge in [0.25, 0.3) is 0 Å². The summed E-state index contributed by atoms with van der Waals surface area (Å²) in [4.78, 5) is 29.3. The quantitative estimate of drug-likeness (QED) is 0.805. The highest BCUT2D eigenvalue weighted by Crippen LogP contribution is 2.17. The molecule has 1 N–H and O–H groups in total. The van der Waals surface area contributed by atoms with Crippen LogP contribution in [-0.4, -0.2) is 42.5 Å². The number of nitrogens with zero attached hydrogens (tertiary/aromatic N) is 2. The predicted octanol–water partition coefficient (Wildman–Crippen LogP) is 2.49. The molecule has 7 nitrogen and oxygen atoms in total. The summed E-state index contributed by atoms with van der Waals surface area (Å²) in [6.07, 6.45) is 1.46. The Hall–Kier alpha value is -2.38. The topological polar surface area (TPSA) is 84.7 Å². The van der Waals surface area contributed by atoms with Gasteiger partial charge in [0.05, 0.1) is 25.2 Å². The van der Waals surface area contributed by atoms with Crippen LogP contribution in [0.25, 0.3) is 0 Å². The lowest BCUT2D eigenvalue weighted by atomic mass is 10.2. The number of hydrogen-bond acceptors (Lipinski definition) is 6. The number of hydrogen-bond donors (Lipinski definition) is 1. The van der Waals surface area contributed by atoms with Crippen LogP contribution in [0.3, 0.4) is 0 Å². The zero-order valence-electron chi connectivity index (χ0n) is 13.6. The van der Waals surface area contributed by atoms with E-state index >= 15 is 0 Å². The first kappa shape index (κ1) is 18.0. The number of carbonyl (C=O) groups is 2. The number of aryl methyl sites for hydroxylation is 1. The van der Waals surface area contributed by atoms with Gasteiger partial charge in [-0.2, -0.15) is 0 Å². The number of halogens is 1. The van der Waals surface area contributed by atoms with Crippen LogP contribution in [0, 0.1) is 6.92 Å². The molecule has 0 aliphatic heterocycles. The fourth-order valence-electron chi connectivity index (χ4n) is 2.13. The van der Waals surface area contributed by atoms with Crippen molar-refractivity contribution >= 4 is 29.3 Å². The van der Waals surface area contributed by atoms with Crippen LogP contribution in [0.1, 0.15) is 21.9 Å². The van der Waals surface area contributed by atoms with E-state index in [9.17, 15) is 9.59 Å². The number of ether oxygens (including phenoxy) is 1. The molecule has 24 heavy (non-hydrogen) atoms. The van der Waals surface area contributed by atoms with Gasteiger partial charge in [-0.1, -0.05) is 11.6 Å². The van der Waals surface area contributed by atoms with Crippen molar-refractivity contribution in [2.24, 2.45) is 0 Å². The number of esters is 1. The molecule has 0 saturated carbocycles. The van der Waals surface area contributed by atoms with Gasteiger partial charge in [-0.05, 0) is 32.2 Å². The number of aromatic nitrogens is 1. The van der Waals surface area contributed by atoms with E-state index in [1.807, 2.05) is 0 Å². The highest BCUT2D eigenvalue weighted by molar-refractivity contribution is 6.30. The number of nitrogens with one attached hydrogen (secondary N) is 1. The van der Waals surface area contributed by atoms with E-state index in [1.165, 1.54) is 13.3 Å². The maximum absolute atomic E-state index is 12.0. The van der Waals surface area contributed by atoms with Gasteiger partial charge in [0, 0.05) is 6.20 Å². The van der Waals surface area contributed by atoms with Gasteiger partial charge < -0.3 is 14.5 Å². The van der Waals surface area contributed by atoms with E-state index < -0.39 is 5.97 Å². The molecule has 128 valence electrons. The smallest absolute Gasteiger partial charge is 0.341 e. The fraction of sp³-hybridized carbons (Fsp3) is 0.312. The standard InChI is InChI=1S/C16H18ClN3O4/c1-10-13(16(22)23-3)6-12(24-10)8-20(2)9-15(21)19-14-5-4-11(17)7-18-14/h4-7H,8-9H2,1-3H3,(H,18,19,21). The lowest BCUT2D eigenvalue weighted by Crippen LogP contribution is -2.29. The maximum atomic E-state index is 12.0. The fourth-order valence-corrected chi connectivity index (χ4v) is 2.25. The van der Waals surface area contributed by atoms with Crippen molar-refractivity contribution in [3.63, 3.8) is 0 Å². The van der Waals surface area contributed by atoms with Crippen LogP contribution in [-0.2, 0) is 16.1 Å². The molecule has 0 aliphatic carbocycles. The summed E-state index contributed by atoms with van der Waals surface area (Å²) in [6.45, 7) is 2.20. The van der Waals surface area contributed by atoms with E-state index in [-0.39, 0.29) is 12.5 Å². The van der Waals surface area contributed by atoms with Gasteiger partial charge in [-0.3, -0.25) is 9.69 Å². The summed E-state index contributed by atoms with van der Waals surface area (Å²) in [7, 11) is 3.08. The second kappa shape index (κ2) is 7.94. The van der Waals surface area contributed by atoms with E-state index in [2.05, 4.69) is 15.0 Å². The number of rotatable bonds is 6. The molecule has 0 spiro atoms. The first-order valence-corrected chi connectivity index (χ1v) is 7.54. The molecule has 2 aromatic rings. The minimum Gasteiger partial charge on any atom is -0.465 e. The Morgan fingerprint density at radius 3 is 2.79 bits per heavy atom. The second-order valence-corrected chi connectivity index (χ2v) is 5.69. The minimum atomic E-state index is -0.447. The normalized spacial score (nSPS) is 10.7. The van der Waals surface area contributed by atoms with Gasteiger partial charge in [0.1, 0.15) is 22.9 Å². The number of carbonyl (C=O) groups excluding carboxylic acids is 2. The van der Waals surface area contributed by atoms with E-state index in [0.29, 0.717) is 34.5 Å². The number of furan rings is 1. The zero-order chi connectivity index (χ0) is 17.7. The summed E-state index contributed by atoms with van der Waals surface area (Å²) in [5, 5.41) is 3.17. The van der Waals surface area contributed by atoms with Crippen molar-refractivity contribution in [3.8, 4) is 0 Å². The highest BCUT2D eigenvalue weighted by atomic mass is 35.5. The number of likely N-dealkylation sites (N-methyl/N-ethyl adjacent to an activating group) is 1. The first-order valence-electron chi connectivity index (χ1n) is 7.16. The van der Waals surface area contributed by atoms with Crippen molar-refractivity contribution in [2.75, 3.05) is 26.0 Å². The molecule has 2 aromatic heterocycles. The SMILES string of the molecule is COC(=O)c1cc(CN(C)CC(=O)Nc2ccc(Cl)cn2)oc1C. The Balaban J connectivity index is 1.90. The van der Waals surface area contributed by atoms with Crippen molar-refractivity contribution in [3.05, 3.63) is 46.5 Å². The van der Waals surface area contributed by atoms with Gasteiger partial charge in [0.2, 0.25) is 5.91 Å². The van der Waals surface area contributed by atoms with Crippen molar-refractivity contribution in [1.82, 2.24) is 9.88 Å². The molecule has 2 heterocycles. The molecular weight excluding hydrogens is 334 g/mol. The summed E-state index contributed by atoms with van der Waals surface area (Å²) >= 11 is 5.74. The third-order valence-corrected chi connectivity index (χ3v) is 3.43. The lowest BCUT2D eigenvalue weighted by molar-refractivity contribution is -0.117. The molecule has 0 aromatic carbocycles.